The maximum atomic E-state index is 13.0. The molecule has 2 heterocycles. The lowest BCUT2D eigenvalue weighted by Crippen LogP contribution is -2.22. The Morgan fingerprint density at radius 3 is 2.68 bits per heavy atom. The Balaban J connectivity index is 1.48. The maximum absolute atomic E-state index is 13.0. The van der Waals surface area contributed by atoms with Gasteiger partial charge in [-0.25, -0.2) is 9.38 Å². The average molecular weight is 429 g/mol. The lowest BCUT2D eigenvalue weighted by molar-refractivity contribution is 0.284. The first kappa shape index (κ1) is 19.3. The summed E-state index contributed by atoms with van der Waals surface area (Å²) < 4.78 is 13.8. The fourth-order valence-corrected chi connectivity index (χ4v) is 4.57. The quantitative estimate of drug-likeness (QED) is 0.418. The third-order valence-corrected chi connectivity index (χ3v) is 6.24. The van der Waals surface area contributed by atoms with Gasteiger partial charge in [0.05, 0.1) is 22.7 Å². The van der Waals surface area contributed by atoms with Crippen LogP contribution in [-0.4, -0.2) is 16.5 Å². The first-order chi connectivity index (χ1) is 15.1. The van der Waals surface area contributed by atoms with Crippen LogP contribution in [0.25, 0.3) is 22.1 Å². The van der Waals surface area contributed by atoms with Crippen molar-refractivity contribution < 1.29 is 9.47 Å². The van der Waals surface area contributed by atoms with Crippen LogP contribution < -0.4 is 19.6 Å². The Morgan fingerprint density at radius 1 is 1.03 bits per heavy atom. The number of ether oxygens (including phenoxy) is 2. The molecule has 0 amide bonds. The second kappa shape index (κ2) is 7.89. The van der Waals surface area contributed by atoms with E-state index in [1.807, 2.05) is 60.7 Å². The van der Waals surface area contributed by atoms with Gasteiger partial charge in [-0.3, -0.25) is 4.79 Å². The molecule has 2 aromatic heterocycles. The number of aryl methyl sites for hydroxylation is 1. The summed E-state index contributed by atoms with van der Waals surface area (Å²) in [6.07, 6.45) is 1.87. The van der Waals surface area contributed by atoms with Gasteiger partial charge in [0.2, 0.25) is 0 Å². The van der Waals surface area contributed by atoms with E-state index in [1.54, 1.807) is 11.5 Å². The summed E-state index contributed by atoms with van der Waals surface area (Å²) in [5.74, 6) is 1.29. The highest BCUT2D eigenvalue weighted by Gasteiger charge is 2.11. The van der Waals surface area contributed by atoms with Gasteiger partial charge in [0, 0.05) is 0 Å². The topological polar surface area (TPSA) is 52.8 Å². The summed E-state index contributed by atoms with van der Waals surface area (Å²) in [6, 6.07) is 21.5. The maximum Gasteiger partial charge on any atom is 0.274 e. The average Bonchev–Trinajstić information content (AvgIpc) is 3.29. The van der Waals surface area contributed by atoms with E-state index >= 15 is 0 Å². The van der Waals surface area contributed by atoms with Crippen LogP contribution in [-0.2, 0) is 6.61 Å². The van der Waals surface area contributed by atoms with Gasteiger partial charge < -0.3 is 9.47 Å². The van der Waals surface area contributed by atoms with Crippen LogP contribution in [0, 0.1) is 6.92 Å². The minimum Gasteiger partial charge on any atom is -0.493 e. The van der Waals surface area contributed by atoms with Crippen molar-refractivity contribution in [1.29, 1.82) is 0 Å². The van der Waals surface area contributed by atoms with Crippen molar-refractivity contribution in [3.8, 4) is 11.5 Å². The van der Waals surface area contributed by atoms with Gasteiger partial charge >= 0.3 is 0 Å². The monoisotopic (exact) mass is 428 g/mol. The van der Waals surface area contributed by atoms with E-state index in [1.165, 1.54) is 16.9 Å². The molecule has 0 bridgehead atoms. The summed E-state index contributed by atoms with van der Waals surface area (Å²) in [5.41, 5.74) is 4.78. The molecule has 5 rings (SSSR count). The second-order valence-electron chi connectivity index (χ2n) is 7.26. The van der Waals surface area contributed by atoms with E-state index in [9.17, 15) is 4.79 Å². The molecule has 0 saturated heterocycles. The second-order valence-corrected chi connectivity index (χ2v) is 8.27. The van der Waals surface area contributed by atoms with E-state index in [0.29, 0.717) is 27.6 Å². The van der Waals surface area contributed by atoms with Gasteiger partial charge in [0.25, 0.3) is 5.56 Å². The number of hydrogen-bond acceptors (Lipinski definition) is 5. The van der Waals surface area contributed by atoms with Gasteiger partial charge in [-0.15, -0.1) is 0 Å². The largest absolute Gasteiger partial charge is 0.493 e. The van der Waals surface area contributed by atoms with E-state index in [2.05, 4.69) is 24.0 Å². The number of methoxy groups -OCH3 is 1. The molecular formula is C25H20N2O3S. The normalized spacial score (nSPS) is 12.0. The zero-order valence-electron chi connectivity index (χ0n) is 17.2. The molecule has 6 heteroatoms. The molecule has 0 unspecified atom stereocenters. The zero-order valence-corrected chi connectivity index (χ0v) is 18.0. The molecule has 0 N–H and O–H groups in total. The fraction of sp³-hybridized carbons (Fsp3) is 0.120. The smallest absolute Gasteiger partial charge is 0.274 e. The number of aromatic nitrogens is 2. The first-order valence-corrected chi connectivity index (χ1v) is 10.7. The minimum absolute atomic E-state index is 0.0625. The lowest BCUT2D eigenvalue weighted by Gasteiger charge is -2.12. The Bertz CT molecular complexity index is 1520. The number of fused-ring (bicyclic) bond motifs is 3. The number of benzene rings is 3. The zero-order chi connectivity index (χ0) is 21.4. The van der Waals surface area contributed by atoms with Crippen molar-refractivity contribution in [2.24, 2.45) is 0 Å². The molecule has 0 spiro atoms. The van der Waals surface area contributed by atoms with Crippen LogP contribution in [0.15, 0.2) is 71.5 Å². The van der Waals surface area contributed by atoms with Gasteiger partial charge in [-0.1, -0.05) is 53.8 Å². The standard InChI is InChI=1S/C25H20N2O3S/c1-16-7-3-4-8-18(16)15-30-21-12-11-17(13-22(21)29-2)14-23-24(28)27-20-10-6-5-9-19(20)26-25(27)31-23/h3-14H,15H2,1-2H3. The Hall–Kier alpha value is -3.64. The molecule has 154 valence electrons. The predicted octanol–water partition coefficient (Wildman–Crippen LogP) is 4.35. The molecule has 0 aliphatic rings. The molecule has 5 nitrogen and oxygen atoms in total. The lowest BCUT2D eigenvalue weighted by atomic mass is 10.1. The summed E-state index contributed by atoms with van der Waals surface area (Å²) in [7, 11) is 1.62. The van der Waals surface area contributed by atoms with Gasteiger partial charge in [0.15, 0.2) is 16.5 Å². The van der Waals surface area contributed by atoms with Crippen molar-refractivity contribution in [3.63, 3.8) is 0 Å². The molecule has 0 aliphatic heterocycles. The minimum atomic E-state index is -0.0625. The third-order valence-electron chi connectivity index (χ3n) is 5.28. The van der Waals surface area contributed by atoms with E-state index in [0.717, 1.165) is 22.2 Å². The third kappa shape index (κ3) is 3.55. The van der Waals surface area contributed by atoms with Gasteiger partial charge in [-0.2, -0.15) is 0 Å². The van der Waals surface area contributed by atoms with Crippen LogP contribution in [0.2, 0.25) is 0 Å². The summed E-state index contributed by atoms with van der Waals surface area (Å²) in [4.78, 5) is 18.2. The highest BCUT2D eigenvalue weighted by Crippen LogP contribution is 2.29. The number of imidazole rings is 1. The number of rotatable bonds is 5. The highest BCUT2D eigenvalue weighted by molar-refractivity contribution is 7.15. The van der Waals surface area contributed by atoms with Crippen LogP contribution in [0.4, 0.5) is 0 Å². The highest BCUT2D eigenvalue weighted by atomic mass is 32.1. The van der Waals surface area contributed by atoms with Crippen molar-refractivity contribution in [2.75, 3.05) is 7.11 Å². The molecular weight excluding hydrogens is 408 g/mol. The van der Waals surface area contributed by atoms with E-state index < -0.39 is 0 Å². The van der Waals surface area contributed by atoms with Gasteiger partial charge in [0.1, 0.15) is 6.61 Å². The Labute approximate surface area is 182 Å². The van der Waals surface area contributed by atoms with Crippen LogP contribution in [0.5, 0.6) is 11.5 Å². The van der Waals surface area contributed by atoms with Crippen molar-refractivity contribution >= 4 is 33.4 Å². The molecule has 0 fully saturated rings. The SMILES string of the molecule is COc1cc(C=c2sc3nc4ccccc4n3c2=O)ccc1OCc1ccccc1C. The summed E-state index contributed by atoms with van der Waals surface area (Å²) in [6.45, 7) is 2.53. The predicted molar refractivity (Wildman–Crippen MR) is 124 cm³/mol. The Kier molecular flexibility index (Phi) is 4.92. The van der Waals surface area contributed by atoms with Gasteiger partial charge in [-0.05, 0) is 54.0 Å². The first-order valence-electron chi connectivity index (χ1n) is 9.91. The Morgan fingerprint density at radius 2 is 1.84 bits per heavy atom. The number of hydrogen-bond donors (Lipinski definition) is 0. The molecule has 5 aromatic rings. The number of thiazole rings is 1. The van der Waals surface area contributed by atoms with Crippen molar-refractivity contribution in [3.05, 3.63) is 98.3 Å². The number of para-hydroxylation sites is 2. The van der Waals surface area contributed by atoms with Crippen molar-refractivity contribution in [1.82, 2.24) is 9.38 Å². The summed E-state index contributed by atoms with van der Waals surface area (Å²) in [5, 5.41) is 0. The molecule has 3 aromatic carbocycles. The van der Waals surface area contributed by atoms with Crippen LogP contribution >= 0.6 is 11.3 Å². The van der Waals surface area contributed by atoms with E-state index in [-0.39, 0.29) is 5.56 Å². The summed E-state index contributed by atoms with van der Waals surface area (Å²) >= 11 is 1.38. The van der Waals surface area contributed by atoms with Crippen LogP contribution in [0.3, 0.4) is 0 Å². The molecule has 31 heavy (non-hydrogen) atoms. The van der Waals surface area contributed by atoms with Crippen molar-refractivity contribution in [2.45, 2.75) is 13.5 Å². The number of nitrogens with zero attached hydrogens (tertiary/aromatic N) is 2. The molecule has 0 saturated carbocycles. The molecule has 0 radical (unpaired) electrons. The molecule has 0 atom stereocenters. The van der Waals surface area contributed by atoms with Crippen LogP contribution in [0.1, 0.15) is 16.7 Å². The van der Waals surface area contributed by atoms with E-state index in [4.69, 9.17) is 9.47 Å². The molecule has 0 aliphatic carbocycles. The fourth-order valence-electron chi connectivity index (χ4n) is 3.58.